The zero-order chi connectivity index (χ0) is 17.9. The first-order valence-electron chi connectivity index (χ1n) is 9.70. The van der Waals surface area contributed by atoms with Gasteiger partial charge < -0.3 is 14.9 Å². The fraction of sp³-hybridized carbons (Fsp3) is 0.600. The third-order valence-electron chi connectivity index (χ3n) is 5.87. The van der Waals surface area contributed by atoms with Gasteiger partial charge in [-0.25, -0.2) is 4.98 Å². The number of carbonyl (C=O) groups excluding carboxylic acids is 1. The molecule has 1 amide bonds. The van der Waals surface area contributed by atoms with Crippen molar-refractivity contribution in [1.29, 1.82) is 0 Å². The molecule has 5 nitrogen and oxygen atoms in total. The second-order valence-corrected chi connectivity index (χ2v) is 8.55. The van der Waals surface area contributed by atoms with Crippen LogP contribution in [-0.2, 0) is 0 Å². The zero-order valence-corrected chi connectivity index (χ0v) is 16.0. The summed E-state index contributed by atoms with van der Waals surface area (Å²) >= 11 is 1.56. The minimum absolute atomic E-state index is 0.0807. The van der Waals surface area contributed by atoms with E-state index in [2.05, 4.69) is 9.88 Å². The number of likely N-dealkylation sites (tertiary alicyclic amines) is 2. The first-order chi connectivity index (χ1) is 12.7. The molecule has 1 N–H and O–H groups in total. The number of carbonyl (C=O) groups is 1. The van der Waals surface area contributed by atoms with E-state index < -0.39 is 0 Å². The molecule has 0 saturated carbocycles. The summed E-state index contributed by atoms with van der Waals surface area (Å²) in [6.45, 7) is 4.89. The maximum atomic E-state index is 13.0. The maximum absolute atomic E-state index is 13.0. The molecule has 26 heavy (non-hydrogen) atoms. The van der Waals surface area contributed by atoms with Gasteiger partial charge in [-0.3, -0.25) is 4.79 Å². The number of aliphatic hydroxyl groups excluding tert-OH is 1. The standard InChI is InChI=1S/C20H27N3O2S/c24-13-17-12-23(11-16(17)10-22-7-3-1-2-4-8-22)20(25)15-5-6-18-19(9-15)26-14-21-18/h5-6,9,14,16-17,24H,1-4,7-8,10-13H2/t16-,17-/m0/s1. The minimum Gasteiger partial charge on any atom is -0.396 e. The second kappa shape index (κ2) is 8.03. The Balaban J connectivity index is 1.44. The number of rotatable bonds is 4. The lowest BCUT2D eigenvalue weighted by Crippen LogP contribution is -2.35. The van der Waals surface area contributed by atoms with Gasteiger partial charge in [0.25, 0.3) is 5.91 Å². The molecule has 2 fully saturated rings. The maximum Gasteiger partial charge on any atom is 0.253 e. The molecule has 0 aliphatic carbocycles. The van der Waals surface area contributed by atoms with Gasteiger partial charge in [-0.15, -0.1) is 11.3 Å². The molecule has 1 aromatic heterocycles. The van der Waals surface area contributed by atoms with Crippen LogP contribution in [0.4, 0.5) is 0 Å². The molecule has 2 aliphatic heterocycles. The van der Waals surface area contributed by atoms with Crippen LogP contribution in [0.3, 0.4) is 0 Å². The summed E-state index contributed by atoms with van der Waals surface area (Å²) in [4.78, 5) is 21.7. The van der Waals surface area contributed by atoms with E-state index in [0.29, 0.717) is 12.5 Å². The van der Waals surface area contributed by atoms with Crippen molar-refractivity contribution in [2.24, 2.45) is 11.8 Å². The van der Waals surface area contributed by atoms with Crippen LogP contribution in [0.5, 0.6) is 0 Å². The van der Waals surface area contributed by atoms with Crippen molar-refractivity contribution < 1.29 is 9.90 Å². The molecular formula is C20H27N3O2S. The molecule has 1 aromatic carbocycles. The smallest absolute Gasteiger partial charge is 0.253 e. The van der Waals surface area contributed by atoms with Gasteiger partial charge in [-0.1, -0.05) is 12.8 Å². The number of aliphatic hydroxyl groups is 1. The zero-order valence-electron chi connectivity index (χ0n) is 15.1. The third kappa shape index (κ3) is 3.77. The van der Waals surface area contributed by atoms with Crippen molar-refractivity contribution in [3.8, 4) is 0 Å². The SMILES string of the molecule is O=C(c1ccc2ncsc2c1)N1C[C@@H](CO)[C@@H](CN2CCCCCC2)C1. The van der Waals surface area contributed by atoms with E-state index >= 15 is 0 Å². The van der Waals surface area contributed by atoms with Gasteiger partial charge in [0.1, 0.15) is 0 Å². The lowest BCUT2D eigenvalue weighted by Gasteiger charge is -2.26. The Morgan fingerprint density at radius 1 is 1.15 bits per heavy atom. The van der Waals surface area contributed by atoms with Crippen molar-refractivity contribution >= 4 is 27.5 Å². The molecule has 2 saturated heterocycles. The van der Waals surface area contributed by atoms with Crippen LogP contribution in [-0.4, -0.2) is 65.1 Å². The first kappa shape index (κ1) is 17.9. The van der Waals surface area contributed by atoms with Gasteiger partial charge in [-0.05, 0) is 50.0 Å². The number of hydrogen-bond donors (Lipinski definition) is 1. The number of aromatic nitrogens is 1. The number of fused-ring (bicyclic) bond motifs is 1. The number of thiazole rings is 1. The van der Waals surface area contributed by atoms with Crippen LogP contribution in [0.2, 0.25) is 0 Å². The predicted molar refractivity (Wildman–Crippen MR) is 104 cm³/mol. The highest BCUT2D eigenvalue weighted by Crippen LogP contribution is 2.27. The number of benzene rings is 1. The summed E-state index contributed by atoms with van der Waals surface area (Å²) in [5.41, 5.74) is 3.49. The fourth-order valence-corrected chi connectivity index (χ4v) is 5.06. The van der Waals surface area contributed by atoms with E-state index in [1.54, 1.807) is 11.3 Å². The van der Waals surface area contributed by atoms with Crippen LogP contribution in [0.15, 0.2) is 23.7 Å². The molecule has 4 rings (SSSR count). The summed E-state index contributed by atoms with van der Waals surface area (Å²) in [5.74, 6) is 0.639. The number of amides is 1. The van der Waals surface area contributed by atoms with E-state index in [9.17, 15) is 9.90 Å². The highest BCUT2D eigenvalue weighted by atomic mass is 32.1. The lowest BCUT2D eigenvalue weighted by molar-refractivity contribution is 0.0779. The van der Waals surface area contributed by atoms with E-state index in [0.717, 1.165) is 42.0 Å². The molecule has 140 valence electrons. The van der Waals surface area contributed by atoms with Gasteiger partial charge in [0.2, 0.25) is 0 Å². The molecule has 3 heterocycles. The van der Waals surface area contributed by atoms with Crippen LogP contribution < -0.4 is 0 Å². The minimum atomic E-state index is 0.0807. The normalized spacial score (nSPS) is 24.9. The Bertz CT molecular complexity index is 754. The van der Waals surface area contributed by atoms with E-state index in [1.165, 1.54) is 25.7 Å². The molecule has 0 unspecified atom stereocenters. The van der Waals surface area contributed by atoms with Gasteiger partial charge in [0.05, 0.1) is 15.7 Å². The Morgan fingerprint density at radius 2 is 1.92 bits per heavy atom. The molecule has 2 atom stereocenters. The van der Waals surface area contributed by atoms with Crippen LogP contribution in [0.1, 0.15) is 36.0 Å². The van der Waals surface area contributed by atoms with Crippen LogP contribution in [0.25, 0.3) is 10.2 Å². The largest absolute Gasteiger partial charge is 0.396 e. The molecule has 0 radical (unpaired) electrons. The second-order valence-electron chi connectivity index (χ2n) is 7.66. The Hall–Kier alpha value is -1.50. The summed E-state index contributed by atoms with van der Waals surface area (Å²) in [5, 5.41) is 9.84. The molecular weight excluding hydrogens is 346 g/mol. The van der Waals surface area contributed by atoms with Gasteiger partial charge in [-0.2, -0.15) is 0 Å². The summed E-state index contributed by atoms with van der Waals surface area (Å²) in [6, 6.07) is 5.75. The average molecular weight is 374 g/mol. The van der Waals surface area contributed by atoms with Crippen molar-refractivity contribution in [1.82, 2.24) is 14.8 Å². The summed E-state index contributed by atoms with van der Waals surface area (Å²) in [7, 11) is 0. The van der Waals surface area contributed by atoms with E-state index in [4.69, 9.17) is 0 Å². The Labute approximate surface area is 158 Å². The van der Waals surface area contributed by atoms with Crippen LogP contribution >= 0.6 is 11.3 Å². The fourth-order valence-electron chi connectivity index (χ4n) is 4.34. The quantitative estimate of drug-likeness (QED) is 0.895. The number of hydrogen-bond acceptors (Lipinski definition) is 5. The van der Waals surface area contributed by atoms with Gasteiger partial charge in [0.15, 0.2) is 0 Å². The lowest BCUT2D eigenvalue weighted by atomic mass is 9.96. The summed E-state index contributed by atoms with van der Waals surface area (Å²) in [6.07, 6.45) is 5.20. The van der Waals surface area contributed by atoms with Crippen molar-refractivity contribution in [3.05, 3.63) is 29.3 Å². The van der Waals surface area contributed by atoms with Gasteiger partial charge >= 0.3 is 0 Å². The highest BCUT2D eigenvalue weighted by molar-refractivity contribution is 7.16. The van der Waals surface area contributed by atoms with Crippen molar-refractivity contribution in [3.63, 3.8) is 0 Å². The molecule has 6 heteroatoms. The number of nitrogens with zero attached hydrogens (tertiary/aromatic N) is 3. The third-order valence-corrected chi connectivity index (χ3v) is 6.66. The van der Waals surface area contributed by atoms with E-state index in [-0.39, 0.29) is 18.4 Å². The first-order valence-corrected chi connectivity index (χ1v) is 10.6. The average Bonchev–Trinajstić information content (AvgIpc) is 3.21. The summed E-state index contributed by atoms with van der Waals surface area (Å²) < 4.78 is 1.05. The van der Waals surface area contributed by atoms with Crippen molar-refractivity contribution in [2.75, 3.05) is 39.3 Å². The Kier molecular flexibility index (Phi) is 5.52. The topological polar surface area (TPSA) is 56.7 Å². The Morgan fingerprint density at radius 3 is 2.69 bits per heavy atom. The predicted octanol–water partition coefficient (Wildman–Crippen LogP) is 2.85. The highest BCUT2D eigenvalue weighted by Gasteiger charge is 2.36. The molecule has 2 aromatic rings. The van der Waals surface area contributed by atoms with Gasteiger partial charge in [0, 0.05) is 37.7 Å². The monoisotopic (exact) mass is 373 g/mol. The van der Waals surface area contributed by atoms with Crippen LogP contribution in [0, 0.1) is 11.8 Å². The molecule has 2 aliphatic rings. The molecule has 0 spiro atoms. The van der Waals surface area contributed by atoms with E-state index in [1.807, 2.05) is 28.6 Å². The molecule has 0 bridgehead atoms. The van der Waals surface area contributed by atoms with Crippen molar-refractivity contribution in [2.45, 2.75) is 25.7 Å².